The number of halogens is 1. The molecule has 0 radical (unpaired) electrons. The van der Waals surface area contributed by atoms with Gasteiger partial charge < -0.3 is 9.47 Å². The van der Waals surface area contributed by atoms with E-state index < -0.39 is 5.97 Å². The number of methoxy groups -OCH3 is 1. The van der Waals surface area contributed by atoms with Gasteiger partial charge >= 0.3 is 5.97 Å². The summed E-state index contributed by atoms with van der Waals surface area (Å²) in [5.41, 5.74) is 1.14. The molecule has 1 aromatic rings. The lowest BCUT2D eigenvalue weighted by molar-refractivity contribution is 0.0601. The standard InChI is InChI=1S/C11H11ClO3/c1-11(6-15-11)7-3-4-8(9(12)5-7)10(13)14-2/h3-5H,6H2,1-2H3. The Morgan fingerprint density at radius 1 is 1.60 bits per heavy atom. The maximum Gasteiger partial charge on any atom is 0.339 e. The van der Waals surface area contributed by atoms with E-state index in [4.69, 9.17) is 16.3 Å². The van der Waals surface area contributed by atoms with Gasteiger partial charge in [-0.15, -0.1) is 0 Å². The lowest BCUT2D eigenvalue weighted by atomic mass is 10.0. The largest absolute Gasteiger partial charge is 0.465 e. The predicted molar refractivity (Wildman–Crippen MR) is 56.1 cm³/mol. The molecule has 1 fully saturated rings. The van der Waals surface area contributed by atoms with E-state index in [2.05, 4.69) is 4.74 Å². The second-order valence-electron chi connectivity index (χ2n) is 3.71. The number of carbonyl (C=O) groups excluding carboxylic acids is 1. The molecule has 1 heterocycles. The summed E-state index contributed by atoms with van der Waals surface area (Å²) in [6, 6.07) is 5.25. The first kappa shape index (κ1) is 10.5. The average molecular weight is 227 g/mol. The highest BCUT2D eigenvalue weighted by Crippen LogP contribution is 2.39. The van der Waals surface area contributed by atoms with Gasteiger partial charge in [0.2, 0.25) is 0 Å². The number of esters is 1. The Bertz CT molecular complexity index is 410. The van der Waals surface area contributed by atoms with Gasteiger partial charge in [-0.2, -0.15) is 0 Å². The minimum Gasteiger partial charge on any atom is -0.465 e. The Kier molecular flexibility index (Phi) is 2.44. The average Bonchev–Trinajstić information content (AvgIpc) is 2.96. The van der Waals surface area contributed by atoms with Gasteiger partial charge in [0.25, 0.3) is 0 Å². The quantitative estimate of drug-likeness (QED) is 0.574. The highest BCUT2D eigenvalue weighted by Gasteiger charge is 2.41. The van der Waals surface area contributed by atoms with Crippen LogP contribution < -0.4 is 0 Å². The molecule has 2 rings (SSSR count). The lowest BCUT2D eigenvalue weighted by Gasteiger charge is -2.08. The summed E-state index contributed by atoms with van der Waals surface area (Å²) in [4.78, 5) is 11.3. The van der Waals surface area contributed by atoms with Gasteiger partial charge in [-0.25, -0.2) is 4.79 Å². The number of rotatable bonds is 2. The van der Waals surface area contributed by atoms with E-state index in [1.807, 2.05) is 13.0 Å². The molecule has 0 amide bonds. The van der Waals surface area contributed by atoms with E-state index in [-0.39, 0.29) is 5.60 Å². The highest BCUT2D eigenvalue weighted by atomic mass is 35.5. The number of hydrogen-bond acceptors (Lipinski definition) is 3. The van der Waals surface area contributed by atoms with Crippen LogP contribution in [-0.2, 0) is 15.1 Å². The van der Waals surface area contributed by atoms with Crippen molar-refractivity contribution >= 4 is 17.6 Å². The monoisotopic (exact) mass is 226 g/mol. The Balaban J connectivity index is 2.35. The van der Waals surface area contributed by atoms with Crippen molar-refractivity contribution in [1.29, 1.82) is 0 Å². The highest BCUT2D eigenvalue weighted by molar-refractivity contribution is 6.33. The minimum absolute atomic E-state index is 0.224. The van der Waals surface area contributed by atoms with Crippen molar-refractivity contribution in [2.45, 2.75) is 12.5 Å². The smallest absolute Gasteiger partial charge is 0.339 e. The Hall–Kier alpha value is -1.06. The van der Waals surface area contributed by atoms with Crippen molar-refractivity contribution in [3.05, 3.63) is 34.3 Å². The third-order valence-corrected chi connectivity index (χ3v) is 2.88. The molecular formula is C11H11ClO3. The van der Waals surface area contributed by atoms with Crippen molar-refractivity contribution in [2.24, 2.45) is 0 Å². The van der Waals surface area contributed by atoms with Crippen molar-refractivity contribution in [2.75, 3.05) is 13.7 Å². The van der Waals surface area contributed by atoms with Gasteiger partial charge in [-0.1, -0.05) is 17.7 Å². The molecule has 1 aliphatic rings. The van der Waals surface area contributed by atoms with Crippen LogP contribution in [-0.4, -0.2) is 19.7 Å². The molecule has 15 heavy (non-hydrogen) atoms. The van der Waals surface area contributed by atoms with E-state index in [0.29, 0.717) is 17.2 Å². The summed E-state index contributed by atoms with van der Waals surface area (Å²) in [5.74, 6) is -0.423. The molecule has 1 atom stereocenters. The molecule has 0 saturated carbocycles. The van der Waals surface area contributed by atoms with Crippen LogP contribution in [0.25, 0.3) is 0 Å². The maximum atomic E-state index is 11.3. The van der Waals surface area contributed by atoms with Crippen molar-refractivity contribution in [3.8, 4) is 0 Å². The van der Waals surface area contributed by atoms with E-state index >= 15 is 0 Å². The maximum absolute atomic E-state index is 11.3. The summed E-state index contributed by atoms with van der Waals surface area (Å²) in [6.07, 6.45) is 0. The van der Waals surface area contributed by atoms with Gasteiger partial charge in [0.05, 0.1) is 24.3 Å². The van der Waals surface area contributed by atoms with Gasteiger partial charge in [-0.05, 0) is 24.6 Å². The van der Waals surface area contributed by atoms with Crippen LogP contribution in [0.5, 0.6) is 0 Å². The fourth-order valence-corrected chi connectivity index (χ4v) is 1.65. The molecule has 0 spiro atoms. The first-order valence-electron chi connectivity index (χ1n) is 4.59. The number of epoxide rings is 1. The Morgan fingerprint density at radius 3 is 2.73 bits per heavy atom. The Labute approximate surface area is 92.9 Å². The fraction of sp³-hybridized carbons (Fsp3) is 0.364. The van der Waals surface area contributed by atoms with Gasteiger partial charge in [0.15, 0.2) is 0 Å². The van der Waals surface area contributed by atoms with Crippen LogP contribution in [0.4, 0.5) is 0 Å². The van der Waals surface area contributed by atoms with Crippen molar-refractivity contribution < 1.29 is 14.3 Å². The summed E-state index contributed by atoms with van der Waals surface area (Å²) in [6.45, 7) is 2.68. The number of carbonyl (C=O) groups is 1. The molecule has 0 bridgehead atoms. The van der Waals surface area contributed by atoms with E-state index in [0.717, 1.165) is 5.56 Å². The van der Waals surface area contributed by atoms with Crippen LogP contribution in [0.3, 0.4) is 0 Å². The molecule has 0 N–H and O–H groups in total. The van der Waals surface area contributed by atoms with E-state index in [1.165, 1.54) is 7.11 Å². The minimum atomic E-state index is -0.423. The second kappa shape index (κ2) is 3.51. The van der Waals surface area contributed by atoms with Crippen molar-refractivity contribution in [1.82, 2.24) is 0 Å². The molecule has 0 aromatic heterocycles. The van der Waals surface area contributed by atoms with Gasteiger partial charge in [0.1, 0.15) is 5.60 Å². The van der Waals surface area contributed by atoms with Crippen LogP contribution in [0, 0.1) is 0 Å². The lowest BCUT2D eigenvalue weighted by Crippen LogP contribution is -2.06. The first-order valence-corrected chi connectivity index (χ1v) is 4.97. The van der Waals surface area contributed by atoms with Crippen LogP contribution >= 0.6 is 11.6 Å². The third-order valence-electron chi connectivity index (χ3n) is 2.56. The van der Waals surface area contributed by atoms with Crippen molar-refractivity contribution in [3.63, 3.8) is 0 Å². The normalized spacial score (nSPS) is 23.7. The predicted octanol–water partition coefficient (Wildman–Crippen LogP) is 2.37. The SMILES string of the molecule is COC(=O)c1ccc(C2(C)CO2)cc1Cl. The zero-order valence-corrected chi connectivity index (χ0v) is 9.30. The summed E-state index contributed by atoms with van der Waals surface area (Å²) < 4.78 is 9.89. The summed E-state index contributed by atoms with van der Waals surface area (Å²) >= 11 is 5.98. The molecular weight excluding hydrogens is 216 g/mol. The molecule has 80 valence electrons. The number of benzene rings is 1. The topological polar surface area (TPSA) is 38.8 Å². The molecule has 4 heteroatoms. The molecule has 1 aromatic carbocycles. The van der Waals surface area contributed by atoms with E-state index in [1.54, 1.807) is 12.1 Å². The van der Waals surface area contributed by atoms with Crippen LogP contribution in [0.1, 0.15) is 22.8 Å². The van der Waals surface area contributed by atoms with Crippen LogP contribution in [0.2, 0.25) is 5.02 Å². The zero-order chi connectivity index (χ0) is 11.1. The molecule has 1 saturated heterocycles. The molecule has 3 nitrogen and oxygen atoms in total. The second-order valence-corrected chi connectivity index (χ2v) is 4.11. The summed E-state index contributed by atoms with van der Waals surface area (Å²) in [7, 11) is 1.33. The van der Waals surface area contributed by atoms with Gasteiger partial charge in [-0.3, -0.25) is 0 Å². The summed E-state index contributed by atoms with van der Waals surface area (Å²) in [5, 5.41) is 0.399. The molecule has 1 aliphatic heterocycles. The fourth-order valence-electron chi connectivity index (χ4n) is 1.39. The zero-order valence-electron chi connectivity index (χ0n) is 8.54. The van der Waals surface area contributed by atoms with Gasteiger partial charge in [0, 0.05) is 0 Å². The molecule has 1 unspecified atom stereocenters. The Morgan fingerprint density at radius 2 is 2.27 bits per heavy atom. The first-order chi connectivity index (χ1) is 7.07. The van der Waals surface area contributed by atoms with Crippen LogP contribution in [0.15, 0.2) is 18.2 Å². The molecule has 0 aliphatic carbocycles. The third kappa shape index (κ3) is 1.85. The number of ether oxygens (including phenoxy) is 2. The number of hydrogen-bond donors (Lipinski definition) is 0. The van der Waals surface area contributed by atoms with E-state index in [9.17, 15) is 4.79 Å².